The molecule has 0 saturated carbocycles. The number of carbonyl (C=O) groups is 4. The standard InChI is InChI=1S/C52H61N9O6S/c1-34-47(68-33-55-34)38-20-18-36(19-21-38)30-54-50(66)43-29-40(62)32-61(43)51(67)48(52(2,3)4)56-45(64)15-6-5-7-16-46(65)60-25-23-59(24-26-60)31-37-12-10-11-35(27-37)17-22-39-28-42(57-58-49(39)53)41-13-8-9-14-44(41)63/h8-14,18-21,27-28,33,40,43,48,62-63H,5-7,15-16,23-26,29-32H2,1-4H3,(H2,53,58)(H,54,66)(H,56,64)/t40-,43+,48?/m1/s1. The molecule has 2 aromatic heterocycles. The van der Waals surface area contributed by atoms with Crippen LogP contribution in [0.3, 0.4) is 0 Å². The topological polar surface area (TPSA) is 207 Å². The van der Waals surface area contributed by atoms with Crippen molar-refractivity contribution >= 4 is 40.8 Å². The first-order valence-electron chi connectivity index (χ1n) is 23.2. The van der Waals surface area contributed by atoms with Crippen molar-refractivity contribution in [3.8, 4) is 39.3 Å². The molecule has 0 spiro atoms. The Hall–Kier alpha value is -6.67. The molecule has 68 heavy (non-hydrogen) atoms. The molecule has 6 N–H and O–H groups in total. The second kappa shape index (κ2) is 22.4. The second-order valence-electron chi connectivity index (χ2n) is 18.7. The number of carbonyl (C=O) groups excluding carboxylic acids is 4. The number of hydrogen-bond donors (Lipinski definition) is 5. The summed E-state index contributed by atoms with van der Waals surface area (Å²) in [6.07, 6.45) is 1.74. The van der Waals surface area contributed by atoms with E-state index in [1.807, 2.05) is 86.6 Å². The van der Waals surface area contributed by atoms with Gasteiger partial charge in [-0.25, -0.2) is 4.98 Å². The molecule has 2 fully saturated rings. The molecule has 15 nitrogen and oxygen atoms in total. The molecule has 0 radical (unpaired) electrons. The largest absolute Gasteiger partial charge is 0.507 e. The second-order valence-corrected chi connectivity index (χ2v) is 19.5. The molecule has 3 atom stereocenters. The Morgan fingerprint density at radius 1 is 0.897 bits per heavy atom. The van der Waals surface area contributed by atoms with E-state index in [1.165, 1.54) is 4.90 Å². The van der Waals surface area contributed by atoms with Gasteiger partial charge >= 0.3 is 0 Å². The van der Waals surface area contributed by atoms with Crippen molar-refractivity contribution in [3.05, 3.63) is 112 Å². The maximum absolute atomic E-state index is 14.1. The van der Waals surface area contributed by atoms with E-state index in [1.54, 1.807) is 35.6 Å². The van der Waals surface area contributed by atoms with Crippen molar-refractivity contribution in [1.29, 1.82) is 0 Å². The molecular formula is C52H61N9O6S. The number of thiazole rings is 1. The third kappa shape index (κ3) is 12.9. The normalized spacial score (nSPS) is 16.7. The first-order chi connectivity index (χ1) is 32.6. The maximum atomic E-state index is 14.1. The Bertz CT molecular complexity index is 2650. The quantitative estimate of drug-likeness (QED) is 0.0639. The minimum atomic E-state index is -0.904. The number of nitrogens with one attached hydrogen (secondary N) is 2. The van der Waals surface area contributed by atoms with Crippen LogP contribution in [0.5, 0.6) is 5.75 Å². The average Bonchev–Trinajstić information content (AvgIpc) is 3.94. The molecule has 2 aliphatic rings. The van der Waals surface area contributed by atoms with Gasteiger partial charge in [0.25, 0.3) is 0 Å². The number of anilines is 1. The molecule has 4 heterocycles. The smallest absolute Gasteiger partial charge is 0.246 e. The number of aromatic nitrogens is 3. The lowest BCUT2D eigenvalue weighted by atomic mass is 9.85. The highest BCUT2D eigenvalue weighted by Crippen LogP contribution is 2.30. The Labute approximate surface area is 402 Å². The van der Waals surface area contributed by atoms with Gasteiger partial charge in [0.05, 0.1) is 33.4 Å². The van der Waals surface area contributed by atoms with Gasteiger partial charge in [0.15, 0.2) is 5.82 Å². The highest BCUT2D eigenvalue weighted by Gasteiger charge is 2.44. The van der Waals surface area contributed by atoms with Gasteiger partial charge in [-0.1, -0.05) is 87.6 Å². The number of para-hydroxylation sites is 1. The van der Waals surface area contributed by atoms with E-state index in [9.17, 15) is 29.4 Å². The van der Waals surface area contributed by atoms with Crippen LogP contribution in [-0.4, -0.2) is 115 Å². The Kier molecular flexibility index (Phi) is 16.2. The summed E-state index contributed by atoms with van der Waals surface area (Å²) in [7, 11) is 0. The molecular weight excluding hydrogens is 879 g/mol. The van der Waals surface area contributed by atoms with Gasteiger partial charge in [0, 0.05) is 76.2 Å². The number of aromatic hydroxyl groups is 1. The number of aliphatic hydroxyl groups excluding tert-OH is 1. The van der Waals surface area contributed by atoms with E-state index < -0.39 is 29.5 Å². The van der Waals surface area contributed by atoms with E-state index in [0.29, 0.717) is 55.6 Å². The minimum Gasteiger partial charge on any atom is -0.507 e. The number of β-amino-alcohol motifs (C(OH)–C–C–N with tert-alkyl or cyclic N) is 1. The third-order valence-electron chi connectivity index (χ3n) is 12.4. The van der Waals surface area contributed by atoms with E-state index in [-0.39, 0.29) is 55.2 Å². The van der Waals surface area contributed by atoms with Crippen LogP contribution in [0.4, 0.5) is 5.82 Å². The van der Waals surface area contributed by atoms with Crippen LogP contribution >= 0.6 is 11.3 Å². The van der Waals surface area contributed by atoms with E-state index >= 15 is 0 Å². The molecule has 1 unspecified atom stereocenters. The van der Waals surface area contributed by atoms with E-state index in [2.05, 4.69) is 48.6 Å². The Morgan fingerprint density at radius 2 is 1.65 bits per heavy atom. The summed E-state index contributed by atoms with van der Waals surface area (Å²) in [6.45, 7) is 11.3. The van der Waals surface area contributed by atoms with Gasteiger partial charge < -0.3 is 36.4 Å². The molecule has 2 aliphatic heterocycles. The summed E-state index contributed by atoms with van der Waals surface area (Å²) < 4.78 is 0. The van der Waals surface area contributed by atoms with Gasteiger partial charge in [-0.15, -0.1) is 21.5 Å². The lowest BCUT2D eigenvalue weighted by Crippen LogP contribution is -2.57. The van der Waals surface area contributed by atoms with Crippen molar-refractivity contribution < 1.29 is 29.4 Å². The zero-order chi connectivity index (χ0) is 48.4. The summed E-state index contributed by atoms with van der Waals surface area (Å²) in [5.41, 5.74) is 13.6. The van der Waals surface area contributed by atoms with E-state index in [4.69, 9.17) is 5.73 Å². The van der Waals surface area contributed by atoms with Crippen molar-refractivity contribution in [2.75, 3.05) is 38.5 Å². The summed E-state index contributed by atoms with van der Waals surface area (Å²) in [5, 5.41) is 34.9. The maximum Gasteiger partial charge on any atom is 0.246 e. The zero-order valence-electron chi connectivity index (χ0n) is 39.2. The van der Waals surface area contributed by atoms with Crippen molar-refractivity contribution in [1.82, 2.24) is 40.5 Å². The number of likely N-dealkylation sites (tertiary alicyclic amines) is 1. The fourth-order valence-electron chi connectivity index (χ4n) is 8.53. The molecule has 2 saturated heterocycles. The number of hydrogen-bond acceptors (Lipinski definition) is 12. The number of phenols is 1. The molecule has 356 valence electrons. The van der Waals surface area contributed by atoms with Crippen LogP contribution in [-0.2, 0) is 32.3 Å². The van der Waals surface area contributed by atoms with Crippen LogP contribution in [0.1, 0.15) is 87.2 Å². The van der Waals surface area contributed by atoms with Gasteiger partial charge in [-0.3, -0.25) is 24.1 Å². The number of unbranched alkanes of at least 4 members (excludes halogenated alkanes) is 2. The van der Waals surface area contributed by atoms with Crippen molar-refractivity contribution in [3.63, 3.8) is 0 Å². The van der Waals surface area contributed by atoms with Crippen LogP contribution in [0.2, 0.25) is 0 Å². The van der Waals surface area contributed by atoms with Gasteiger partial charge in [-0.05, 0) is 72.2 Å². The number of benzene rings is 3. The molecule has 0 aliphatic carbocycles. The number of nitrogens with zero attached hydrogens (tertiary/aromatic N) is 6. The molecule has 4 amide bonds. The monoisotopic (exact) mass is 939 g/mol. The zero-order valence-corrected chi connectivity index (χ0v) is 40.0. The van der Waals surface area contributed by atoms with E-state index in [0.717, 1.165) is 52.5 Å². The van der Waals surface area contributed by atoms with Gasteiger partial charge in [-0.2, -0.15) is 0 Å². The summed E-state index contributed by atoms with van der Waals surface area (Å²) in [4.78, 5) is 65.0. The first kappa shape index (κ1) is 49.2. The molecule has 7 rings (SSSR count). The Balaban J connectivity index is 0.816. The van der Waals surface area contributed by atoms with Crippen LogP contribution in [0.15, 0.2) is 84.4 Å². The van der Waals surface area contributed by atoms with Crippen LogP contribution in [0, 0.1) is 24.2 Å². The number of aliphatic hydroxyl groups is 1. The summed E-state index contributed by atoms with van der Waals surface area (Å²) in [5.74, 6) is 5.68. The number of aryl methyl sites for hydroxylation is 1. The highest BCUT2D eigenvalue weighted by atomic mass is 32.1. The molecule has 16 heteroatoms. The number of amides is 4. The fraction of sp³-hybridized carbons (Fsp3) is 0.404. The average molecular weight is 940 g/mol. The summed E-state index contributed by atoms with van der Waals surface area (Å²) in [6, 6.07) is 22.8. The SMILES string of the molecule is Cc1ncsc1-c1ccc(CNC(=O)[C@@H]2C[C@@H](O)CN2C(=O)C(NC(=O)CCCCCC(=O)N2CCN(Cc3cccc(C#Cc4cc(-c5ccccc5O)nnc4N)c3)CC2)C(C)(C)C)cc1. The molecule has 3 aromatic carbocycles. The van der Waals surface area contributed by atoms with Crippen LogP contribution in [0.25, 0.3) is 21.7 Å². The highest BCUT2D eigenvalue weighted by molar-refractivity contribution is 7.13. The lowest BCUT2D eigenvalue weighted by molar-refractivity contribution is -0.144. The molecule has 0 bridgehead atoms. The van der Waals surface area contributed by atoms with Crippen LogP contribution < -0.4 is 16.4 Å². The lowest BCUT2D eigenvalue weighted by Gasteiger charge is -2.35. The van der Waals surface area contributed by atoms with Gasteiger partial charge in [0.2, 0.25) is 23.6 Å². The number of phenolic OH excluding ortho intramolecular Hbond substituents is 1. The number of nitrogen functional groups attached to an aromatic ring is 1. The fourth-order valence-corrected chi connectivity index (χ4v) is 9.35. The van der Waals surface area contributed by atoms with Gasteiger partial charge in [0.1, 0.15) is 17.8 Å². The number of rotatable bonds is 15. The Morgan fingerprint density at radius 3 is 2.37 bits per heavy atom. The number of piperazine rings is 1. The molecule has 5 aromatic rings. The number of nitrogens with two attached hydrogens (primary N) is 1. The summed E-state index contributed by atoms with van der Waals surface area (Å²) >= 11 is 1.58. The minimum absolute atomic E-state index is 0.00353. The van der Waals surface area contributed by atoms with Crippen molar-refractivity contribution in [2.45, 2.75) is 97.5 Å². The predicted octanol–water partition coefficient (Wildman–Crippen LogP) is 5.67. The predicted molar refractivity (Wildman–Crippen MR) is 263 cm³/mol. The first-order valence-corrected chi connectivity index (χ1v) is 24.1. The van der Waals surface area contributed by atoms with Crippen molar-refractivity contribution in [2.24, 2.45) is 5.41 Å². The third-order valence-corrected chi connectivity index (χ3v) is 13.4.